The highest BCUT2D eigenvalue weighted by molar-refractivity contribution is 7.99. The summed E-state index contributed by atoms with van der Waals surface area (Å²) in [6.45, 7) is 1.95. The van der Waals surface area contributed by atoms with Crippen molar-refractivity contribution in [1.82, 2.24) is 4.98 Å². The van der Waals surface area contributed by atoms with E-state index >= 15 is 0 Å². The number of aromatic nitrogens is 1. The van der Waals surface area contributed by atoms with Crippen LogP contribution in [0.25, 0.3) is 0 Å². The van der Waals surface area contributed by atoms with Crippen molar-refractivity contribution in [3.8, 4) is 0 Å². The fourth-order valence-electron chi connectivity index (χ4n) is 0.484. The van der Waals surface area contributed by atoms with Crippen LogP contribution in [0.4, 0.5) is 0 Å². The second kappa shape index (κ2) is 3.63. The van der Waals surface area contributed by atoms with Gasteiger partial charge in [0.15, 0.2) is 0 Å². The molecule has 1 rings (SSSR count). The zero-order valence-corrected chi connectivity index (χ0v) is 6.60. The van der Waals surface area contributed by atoms with Crippen LogP contribution in [0.5, 0.6) is 0 Å². The molecular weight excluding hydrogens is 148 g/mol. The first-order chi connectivity index (χ1) is 4.79. The van der Waals surface area contributed by atoms with Crippen LogP contribution in [-0.4, -0.2) is 16.8 Å². The molecule has 4 heteroatoms. The molecule has 2 N–H and O–H groups in total. The summed E-state index contributed by atoms with van der Waals surface area (Å²) in [5.74, 6) is 0.848. The summed E-state index contributed by atoms with van der Waals surface area (Å²) in [6, 6.07) is 0.192. The van der Waals surface area contributed by atoms with Crippen molar-refractivity contribution in [2.45, 2.75) is 18.2 Å². The minimum Gasteiger partial charge on any atom is -0.440 e. The Morgan fingerprint density at radius 2 is 2.70 bits per heavy atom. The van der Waals surface area contributed by atoms with Crippen molar-refractivity contribution in [2.75, 3.05) is 5.75 Å². The molecule has 56 valence electrons. The van der Waals surface area contributed by atoms with Gasteiger partial charge in [-0.05, 0) is 6.92 Å². The second-order valence-electron chi connectivity index (χ2n) is 2.09. The van der Waals surface area contributed by atoms with Crippen LogP contribution in [0, 0.1) is 0 Å². The van der Waals surface area contributed by atoms with Crippen LogP contribution < -0.4 is 5.73 Å². The average Bonchev–Trinajstić information content (AvgIpc) is 2.34. The molecule has 0 aliphatic heterocycles. The van der Waals surface area contributed by atoms with Crippen LogP contribution >= 0.6 is 11.8 Å². The SMILES string of the molecule is C[C@@H](N)CSc1ncco1. The molecule has 0 unspecified atom stereocenters. The smallest absolute Gasteiger partial charge is 0.255 e. The van der Waals surface area contributed by atoms with Crippen LogP contribution in [0.1, 0.15) is 6.92 Å². The zero-order valence-electron chi connectivity index (χ0n) is 5.78. The number of rotatable bonds is 3. The van der Waals surface area contributed by atoms with Gasteiger partial charge in [0.25, 0.3) is 5.22 Å². The van der Waals surface area contributed by atoms with Crippen molar-refractivity contribution in [3.05, 3.63) is 12.5 Å². The molecule has 1 aromatic heterocycles. The highest BCUT2D eigenvalue weighted by Gasteiger charge is 1.99. The predicted molar refractivity (Wildman–Crippen MR) is 40.9 cm³/mol. The largest absolute Gasteiger partial charge is 0.440 e. The third-order valence-corrected chi connectivity index (χ3v) is 2.02. The molecule has 0 amide bonds. The molecular formula is C6H10N2OS. The zero-order chi connectivity index (χ0) is 7.40. The Morgan fingerprint density at radius 1 is 1.90 bits per heavy atom. The van der Waals surface area contributed by atoms with Crippen LogP contribution in [-0.2, 0) is 0 Å². The molecule has 3 nitrogen and oxygen atoms in total. The number of hydrogen-bond acceptors (Lipinski definition) is 4. The monoisotopic (exact) mass is 158 g/mol. The van der Waals surface area contributed by atoms with E-state index in [0.29, 0.717) is 5.22 Å². The van der Waals surface area contributed by atoms with E-state index in [9.17, 15) is 0 Å². The summed E-state index contributed by atoms with van der Waals surface area (Å²) in [5.41, 5.74) is 5.52. The molecule has 10 heavy (non-hydrogen) atoms. The van der Waals surface area contributed by atoms with Gasteiger partial charge in [-0.15, -0.1) is 0 Å². The minimum atomic E-state index is 0.192. The molecule has 0 spiro atoms. The van der Waals surface area contributed by atoms with Gasteiger partial charge < -0.3 is 10.2 Å². The molecule has 0 radical (unpaired) electrons. The Morgan fingerprint density at radius 3 is 3.20 bits per heavy atom. The van der Waals surface area contributed by atoms with Gasteiger partial charge in [-0.2, -0.15) is 0 Å². The molecule has 1 heterocycles. The number of nitrogens with zero attached hydrogens (tertiary/aromatic N) is 1. The maximum atomic E-state index is 5.52. The maximum absolute atomic E-state index is 5.52. The molecule has 1 aromatic rings. The van der Waals surface area contributed by atoms with E-state index in [2.05, 4.69) is 4.98 Å². The molecule has 0 aliphatic rings. The van der Waals surface area contributed by atoms with E-state index < -0.39 is 0 Å². The molecule has 0 saturated heterocycles. The van der Waals surface area contributed by atoms with Crippen molar-refractivity contribution < 1.29 is 4.42 Å². The molecule has 1 atom stereocenters. The normalized spacial score (nSPS) is 13.4. The van der Waals surface area contributed by atoms with Crippen LogP contribution in [0.3, 0.4) is 0 Å². The Bertz CT molecular complexity index is 174. The highest BCUT2D eigenvalue weighted by Crippen LogP contribution is 2.14. The van der Waals surface area contributed by atoms with Gasteiger partial charge >= 0.3 is 0 Å². The summed E-state index contributed by atoms with van der Waals surface area (Å²) >= 11 is 1.53. The summed E-state index contributed by atoms with van der Waals surface area (Å²) in [4.78, 5) is 3.93. The van der Waals surface area contributed by atoms with Gasteiger partial charge in [-0.3, -0.25) is 0 Å². The maximum Gasteiger partial charge on any atom is 0.255 e. The average molecular weight is 158 g/mol. The predicted octanol–water partition coefficient (Wildman–Crippen LogP) is 1.11. The van der Waals surface area contributed by atoms with E-state index in [4.69, 9.17) is 10.2 Å². The lowest BCUT2D eigenvalue weighted by atomic mass is 10.4. The molecule has 0 fully saturated rings. The minimum absolute atomic E-state index is 0.192. The van der Waals surface area contributed by atoms with E-state index in [0.717, 1.165) is 5.75 Å². The Labute approximate surface area is 64.0 Å². The van der Waals surface area contributed by atoms with Gasteiger partial charge in [0.2, 0.25) is 0 Å². The topological polar surface area (TPSA) is 52.0 Å². The summed E-state index contributed by atoms with van der Waals surface area (Å²) in [5, 5.41) is 0.692. The van der Waals surface area contributed by atoms with E-state index in [1.807, 2.05) is 6.92 Å². The van der Waals surface area contributed by atoms with Crippen molar-refractivity contribution >= 4 is 11.8 Å². The van der Waals surface area contributed by atoms with Gasteiger partial charge in [0.05, 0.1) is 6.20 Å². The summed E-state index contributed by atoms with van der Waals surface area (Å²) in [7, 11) is 0. The first-order valence-electron chi connectivity index (χ1n) is 3.07. The molecule has 0 aliphatic carbocycles. The lowest BCUT2D eigenvalue weighted by Crippen LogP contribution is -2.17. The molecule has 0 saturated carbocycles. The molecule has 0 bridgehead atoms. The van der Waals surface area contributed by atoms with Gasteiger partial charge in [-0.1, -0.05) is 11.8 Å². The fourth-order valence-corrected chi connectivity index (χ4v) is 1.15. The fraction of sp³-hybridized carbons (Fsp3) is 0.500. The van der Waals surface area contributed by atoms with Gasteiger partial charge in [0.1, 0.15) is 6.26 Å². The Kier molecular flexibility index (Phi) is 2.77. The van der Waals surface area contributed by atoms with E-state index in [1.54, 1.807) is 12.5 Å². The van der Waals surface area contributed by atoms with Crippen molar-refractivity contribution in [1.29, 1.82) is 0 Å². The Hall–Kier alpha value is -0.480. The van der Waals surface area contributed by atoms with Gasteiger partial charge in [-0.25, -0.2) is 4.98 Å². The highest BCUT2D eigenvalue weighted by atomic mass is 32.2. The van der Waals surface area contributed by atoms with Crippen LogP contribution in [0.15, 0.2) is 22.1 Å². The van der Waals surface area contributed by atoms with Crippen LogP contribution in [0.2, 0.25) is 0 Å². The summed E-state index contributed by atoms with van der Waals surface area (Å²) in [6.07, 6.45) is 3.19. The lowest BCUT2D eigenvalue weighted by Gasteiger charge is -1.99. The quantitative estimate of drug-likeness (QED) is 0.669. The van der Waals surface area contributed by atoms with Crippen molar-refractivity contribution in [3.63, 3.8) is 0 Å². The number of nitrogens with two attached hydrogens (primary N) is 1. The van der Waals surface area contributed by atoms with Crippen molar-refractivity contribution in [2.24, 2.45) is 5.73 Å². The van der Waals surface area contributed by atoms with E-state index in [1.165, 1.54) is 11.8 Å². The first-order valence-corrected chi connectivity index (χ1v) is 4.05. The lowest BCUT2D eigenvalue weighted by molar-refractivity contribution is 0.454. The number of oxazole rings is 1. The number of hydrogen-bond donors (Lipinski definition) is 1. The third kappa shape index (κ3) is 2.41. The number of thioether (sulfide) groups is 1. The van der Waals surface area contributed by atoms with Gasteiger partial charge in [0, 0.05) is 11.8 Å². The standard InChI is InChI=1S/C6H10N2OS/c1-5(7)4-10-6-8-2-3-9-6/h2-3,5H,4,7H2,1H3/t5-/m1/s1. The van der Waals surface area contributed by atoms with E-state index in [-0.39, 0.29) is 6.04 Å². The molecule has 0 aromatic carbocycles. The second-order valence-corrected chi connectivity index (χ2v) is 3.06. The Balaban J connectivity index is 2.28. The first kappa shape index (κ1) is 7.63. The summed E-state index contributed by atoms with van der Waals surface area (Å²) < 4.78 is 4.98. The third-order valence-electron chi connectivity index (χ3n) is 0.879.